The van der Waals surface area contributed by atoms with E-state index in [0.29, 0.717) is 17.4 Å². The number of ketones is 1. The standard InChI is InChI=1S/C19H31NO/c1-8-19(6,7)12-14(4)17-10-9-16(15(5)21)11-18(17)20-13(2)3/h9-11,13-14,20H,8,12H2,1-7H3. The molecule has 1 aromatic rings. The van der Waals surface area contributed by atoms with Gasteiger partial charge in [-0.3, -0.25) is 4.79 Å². The molecule has 0 aliphatic carbocycles. The Balaban J connectivity index is 3.12. The predicted molar refractivity (Wildman–Crippen MR) is 92.3 cm³/mol. The minimum absolute atomic E-state index is 0.120. The number of anilines is 1. The largest absolute Gasteiger partial charge is 0.383 e. The van der Waals surface area contributed by atoms with Crippen LogP contribution < -0.4 is 5.32 Å². The van der Waals surface area contributed by atoms with Crippen molar-refractivity contribution in [1.29, 1.82) is 0 Å². The zero-order chi connectivity index (χ0) is 16.2. The van der Waals surface area contributed by atoms with Gasteiger partial charge in [0.2, 0.25) is 0 Å². The van der Waals surface area contributed by atoms with Crippen LogP contribution in [0.1, 0.15) is 83.1 Å². The lowest BCUT2D eigenvalue weighted by Gasteiger charge is -2.28. The fraction of sp³-hybridized carbons (Fsp3) is 0.632. The van der Waals surface area contributed by atoms with Crippen LogP contribution >= 0.6 is 0 Å². The number of carbonyl (C=O) groups is 1. The van der Waals surface area contributed by atoms with Gasteiger partial charge in [0.05, 0.1) is 0 Å². The second-order valence-corrected chi connectivity index (χ2v) is 7.28. The van der Waals surface area contributed by atoms with Crippen LogP contribution in [0.25, 0.3) is 0 Å². The fourth-order valence-corrected chi connectivity index (χ4v) is 2.72. The molecule has 0 aliphatic heterocycles. The summed E-state index contributed by atoms with van der Waals surface area (Å²) in [5.74, 6) is 0.595. The first-order valence-corrected chi connectivity index (χ1v) is 8.07. The van der Waals surface area contributed by atoms with Gasteiger partial charge in [-0.1, -0.05) is 46.2 Å². The number of rotatable bonds is 7. The number of hydrogen-bond acceptors (Lipinski definition) is 2. The van der Waals surface area contributed by atoms with Crippen LogP contribution in [0.2, 0.25) is 0 Å². The molecule has 0 amide bonds. The number of carbonyl (C=O) groups excluding carboxylic acids is 1. The van der Waals surface area contributed by atoms with Crippen LogP contribution in [-0.4, -0.2) is 11.8 Å². The molecule has 2 heteroatoms. The highest BCUT2D eigenvalue weighted by Gasteiger charge is 2.22. The molecule has 0 heterocycles. The maximum atomic E-state index is 11.6. The van der Waals surface area contributed by atoms with E-state index in [1.54, 1.807) is 6.92 Å². The van der Waals surface area contributed by atoms with Gasteiger partial charge in [-0.2, -0.15) is 0 Å². The molecule has 2 nitrogen and oxygen atoms in total. The Kier molecular flexibility index (Phi) is 6.00. The van der Waals surface area contributed by atoms with Crippen molar-refractivity contribution in [2.24, 2.45) is 5.41 Å². The SMILES string of the molecule is CCC(C)(C)CC(C)c1ccc(C(C)=O)cc1NC(C)C. The van der Waals surface area contributed by atoms with Gasteiger partial charge in [-0.15, -0.1) is 0 Å². The summed E-state index contributed by atoms with van der Waals surface area (Å²) in [4.78, 5) is 11.6. The van der Waals surface area contributed by atoms with Crippen molar-refractivity contribution >= 4 is 11.5 Å². The first-order chi connectivity index (χ1) is 9.66. The van der Waals surface area contributed by atoms with Crippen LogP contribution in [0.4, 0.5) is 5.69 Å². The molecule has 1 aromatic carbocycles. The van der Waals surface area contributed by atoms with E-state index < -0.39 is 0 Å². The van der Waals surface area contributed by atoms with E-state index in [1.165, 1.54) is 12.0 Å². The van der Waals surface area contributed by atoms with Crippen LogP contribution in [0.15, 0.2) is 18.2 Å². The quantitative estimate of drug-likeness (QED) is 0.658. The lowest BCUT2D eigenvalue weighted by atomic mass is 9.78. The molecule has 0 aliphatic rings. The molecular formula is C19H31NO. The van der Waals surface area contributed by atoms with Crippen molar-refractivity contribution in [3.8, 4) is 0 Å². The van der Waals surface area contributed by atoms with Crippen molar-refractivity contribution in [2.75, 3.05) is 5.32 Å². The molecule has 0 saturated heterocycles. The van der Waals surface area contributed by atoms with Crippen LogP contribution in [0, 0.1) is 5.41 Å². The minimum atomic E-state index is 0.120. The zero-order valence-electron chi connectivity index (χ0n) is 14.7. The summed E-state index contributed by atoms with van der Waals surface area (Å²) in [7, 11) is 0. The Morgan fingerprint density at radius 1 is 1.24 bits per heavy atom. The number of nitrogens with one attached hydrogen (secondary N) is 1. The summed E-state index contributed by atoms with van der Waals surface area (Å²) >= 11 is 0. The third-order valence-corrected chi connectivity index (χ3v) is 4.25. The summed E-state index contributed by atoms with van der Waals surface area (Å²) in [5.41, 5.74) is 3.55. The molecule has 1 N–H and O–H groups in total. The highest BCUT2D eigenvalue weighted by Crippen LogP contribution is 2.37. The average molecular weight is 289 g/mol. The van der Waals surface area contributed by atoms with E-state index in [9.17, 15) is 4.79 Å². The smallest absolute Gasteiger partial charge is 0.159 e. The van der Waals surface area contributed by atoms with Crippen LogP contribution in [0.5, 0.6) is 0 Å². The maximum Gasteiger partial charge on any atom is 0.159 e. The van der Waals surface area contributed by atoms with Crippen molar-refractivity contribution in [3.05, 3.63) is 29.3 Å². The van der Waals surface area contributed by atoms with Gasteiger partial charge >= 0.3 is 0 Å². The van der Waals surface area contributed by atoms with E-state index in [4.69, 9.17) is 0 Å². The molecule has 118 valence electrons. The molecule has 0 saturated carbocycles. The second-order valence-electron chi connectivity index (χ2n) is 7.28. The third-order valence-electron chi connectivity index (χ3n) is 4.25. The molecule has 0 radical (unpaired) electrons. The van der Waals surface area contributed by atoms with Crippen molar-refractivity contribution in [2.45, 2.75) is 73.3 Å². The molecule has 1 rings (SSSR count). The van der Waals surface area contributed by atoms with E-state index in [1.807, 2.05) is 12.1 Å². The van der Waals surface area contributed by atoms with Crippen LogP contribution in [-0.2, 0) is 0 Å². The Hall–Kier alpha value is -1.31. The van der Waals surface area contributed by atoms with Crippen molar-refractivity contribution < 1.29 is 4.79 Å². The topological polar surface area (TPSA) is 29.1 Å². The van der Waals surface area contributed by atoms with E-state index >= 15 is 0 Å². The summed E-state index contributed by atoms with van der Waals surface area (Å²) in [6.45, 7) is 15.1. The Labute approximate surface area is 130 Å². The molecule has 0 spiro atoms. The van der Waals surface area contributed by atoms with Gasteiger partial charge in [0, 0.05) is 17.3 Å². The highest BCUT2D eigenvalue weighted by atomic mass is 16.1. The van der Waals surface area contributed by atoms with Gasteiger partial charge < -0.3 is 5.32 Å². The summed E-state index contributed by atoms with van der Waals surface area (Å²) in [5, 5.41) is 3.50. The van der Waals surface area contributed by atoms with Crippen molar-refractivity contribution in [3.63, 3.8) is 0 Å². The zero-order valence-corrected chi connectivity index (χ0v) is 14.7. The summed E-state index contributed by atoms with van der Waals surface area (Å²) < 4.78 is 0. The first kappa shape index (κ1) is 17.7. The molecule has 1 unspecified atom stereocenters. The molecular weight excluding hydrogens is 258 g/mol. The number of hydrogen-bond donors (Lipinski definition) is 1. The first-order valence-electron chi connectivity index (χ1n) is 8.07. The molecule has 0 aromatic heterocycles. The van der Waals surface area contributed by atoms with Gasteiger partial charge in [-0.05, 0) is 50.2 Å². The minimum Gasteiger partial charge on any atom is -0.383 e. The lowest BCUT2D eigenvalue weighted by molar-refractivity contribution is 0.101. The number of benzene rings is 1. The maximum absolute atomic E-state index is 11.6. The van der Waals surface area contributed by atoms with Gasteiger partial charge in [0.15, 0.2) is 5.78 Å². The Bertz CT molecular complexity index is 488. The summed E-state index contributed by atoms with van der Waals surface area (Å²) in [6.07, 6.45) is 2.32. The normalized spacial score (nSPS) is 13.3. The van der Waals surface area contributed by atoms with Crippen LogP contribution in [0.3, 0.4) is 0 Å². The van der Waals surface area contributed by atoms with Crippen molar-refractivity contribution in [1.82, 2.24) is 0 Å². The molecule has 21 heavy (non-hydrogen) atoms. The van der Waals surface area contributed by atoms with E-state index in [-0.39, 0.29) is 5.78 Å². The lowest BCUT2D eigenvalue weighted by Crippen LogP contribution is -2.17. The third kappa shape index (κ3) is 5.18. The molecule has 0 bridgehead atoms. The molecule has 0 fully saturated rings. The number of Topliss-reactive ketones (excluding diaryl/α,β-unsaturated/α-hetero) is 1. The average Bonchev–Trinajstić information content (AvgIpc) is 2.37. The monoisotopic (exact) mass is 289 g/mol. The Morgan fingerprint density at radius 3 is 2.33 bits per heavy atom. The fourth-order valence-electron chi connectivity index (χ4n) is 2.72. The Morgan fingerprint density at radius 2 is 1.86 bits per heavy atom. The van der Waals surface area contributed by atoms with Gasteiger partial charge in [0.25, 0.3) is 0 Å². The van der Waals surface area contributed by atoms with E-state index in [0.717, 1.165) is 17.7 Å². The summed E-state index contributed by atoms with van der Waals surface area (Å²) in [6, 6.07) is 6.45. The van der Waals surface area contributed by atoms with E-state index in [2.05, 4.69) is 52.9 Å². The molecule has 1 atom stereocenters. The second kappa shape index (κ2) is 7.11. The highest BCUT2D eigenvalue weighted by molar-refractivity contribution is 5.95. The van der Waals surface area contributed by atoms with Gasteiger partial charge in [0.1, 0.15) is 0 Å². The van der Waals surface area contributed by atoms with Gasteiger partial charge in [-0.25, -0.2) is 0 Å². The predicted octanol–water partition coefficient (Wildman–Crippen LogP) is 5.64.